The molecule has 1 atom stereocenters. The van der Waals surface area contributed by atoms with Crippen molar-refractivity contribution in [2.45, 2.75) is 33.2 Å². The topological polar surface area (TPSA) is 73.0 Å². The van der Waals surface area contributed by atoms with Crippen LogP contribution >= 0.6 is 0 Å². The molecule has 0 unspecified atom stereocenters. The molecule has 3 rings (SSSR count). The molecule has 0 bridgehead atoms. The average Bonchev–Trinajstić information content (AvgIpc) is 3.16. The highest BCUT2D eigenvalue weighted by Crippen LogP contribution is 2.18. The van der Waals surface area contributed by atoms with Gasteiger partial charge in [0.1, 0.15) is 5.76 Å². The maximum absolute atomic E-state index is 12.4. The van der Waals surface area contributed by atoms with Gasteiger partial charge in [0.2, 0.25) is 5.91 Å². The molecular weight excluding hydrogens is 304 g/mol. The van der Waals surface area contributed by atoms with Crippen LogP contribution in [0, 0.1) is 13.8 Å². The van der Waals surface area contributed by atoms with Crippen LogP contribution < -0.4 is 5.32 Å². The van der Waals surface area contributed by atoms with Crippen LogP contribution in [-0.4, -0.2) is 20.8 Å². The lowest BCUT2D eigenvalue weighted by atomic mass is 10.0. The summed E-state index contributed by atoms with van der Waals surface area (Å²) in [6, 6.07) is 9.70. The Hall–Kier alpha value is -2.89. The molecular formula is C18H20N4O2. The Kier molecular flexibility index (Phi) is 4.46. The number of carbonyl (C=O) groups excluding carboxylic acids is 1. The van der Waals surface area contributed by atoms with Gasteiger partial charge in [-0.3, -0.25) is 9.48 Å². The molecule has 0 aliphatic carbocycles. The van der Waals surface area contributed by atoms with Gasteiger partial charge in [-0.15, -0.1) is 0 Å². The van der Waals surface area contributed by atoms with Gasteiger partial charge in [-0.25, -0.2) is 0 Å². The summed E-state index contributed by atoms with van der Waals surface area (Å²) in [6.07, 6.45) is 3.45. The number of aryl methyl sites for hydroxylation is 2. The van der Waals surface area contributed by atoms with Gasteiger partial charge in [-0.1, -0.05) is 35.5 Å². The highest BCUT2D eigenvalue weighted by Gasteiger charge is 2.16. The molecule has 1 N–H and O–H groups in total. The predicted octanol–water partition coefficient (Wildman–Crippen LogP) is 3.28. The summed E-state index contributed by atoms with van der Waals surface area (Å²) < 4.78 is 6.92. The summed E-state index contributed by atoms with van der Waals surface area (Å²) >= 11 is 0. The van der Waals surface area contributed by atoms with Gasteiger partial charge >= 0.3 is 0 Å². The molecule has 2 heterocycles. The van der Waals surface area contributed by atoms with E-state index in [0.717, 1.165) is 22.6 Å². The van der Waals surface area contributed by atoms with E-state index in [0.29, 0.717) is 12.2 Å². The third-order valence-electron chi connectivity index (χ3n) is 4.09. The molecule has 0 spiro atoms. The number of hydrogen-bond donors (Lipinski definition) is 1. The molecule has 0 saturated heterocycles. The second-order valence-corrected chi connectivity index (χ2v) is 5.85. The quantitative estimate of drug-likeness (QED) is 0.781. The first kappa shape index (κ1) is 16.0. The third kappa shape index (κ3) is 3.37. The number of nitrogens with zero attached hydrogens (tertiary/aromatic N) is 3. The van der Waals surface area contributed by atoms with Gasteiger partial charge in [0.25, 0.3) is 0 Å². The van der Waals surface area contributed by atoms with E-state index in [-0.39, 0.29) is 11.8 Å². The first-order valence-corrected chi connectivity index (χ1v) is 7.84. The van der Waals surface area contributed by atoms with Gasteiger partial charge < -0.3 is 9.84 Å². The summed E-state index contributed by atoms with van der Waals surface area (Å²) in [7, 11) is 0. The largest absolute Gasteiger partial charge is 0.361 e. The molecule has 1 aromatic carbocycles. The van der Waals surface area contributed by atoms with Gasteiger partial charge in [0, 0.05) is 11.8 Å². The van der Waals surface area contributed by atoms with Crippen LogP contribution in [0.5, 0.6) is 0 Å². The second-order valence-electron chi connectivity index (χ2n) is 5.85. The van der Waals surface area contributed by atoms with E-state index in [1.165, 1.54) is 0 Å². The molecule has 0 saturated carbocycles. The Morgan fingerprint density at radius 1 is 1.29 bits per heavy atom. The van der Waals surface area contributed by atoms with Crippen molar-refractivity contribution in [3.8, 4) is 0 Å². The fourth-order valence-corrected chi connectivity index (χ4v) is 2.55. The molecule has 6 nitrogen and oxygen atoms in total. The lowest BCUT2D eigenvalue weighted by Crippen LogP contribution is -2.18. The molecule has 0 aliphatic heterocycles. The molecule has 0 aliphatic rings. The SMILES string of the molecule is Cc1noc(C)c1Cn1cc(NC(=O)[C@H](C)c2ccccc2)cn1. The second kappa shape index (κ2) is 6.70. The minimum atomic E-state index is -0.225. The minimum Gasteiger partial charge on any atom is -0.361 e. The van der Waals surface area contributed by atoms with Crippen molar-refractivity contribution in [3.63, 3.8) is 0 Å². The molecule has 6 heteroatoms. The maximum Gasteiger partial charge on any atom is 0.231 e. The first-order chi connectivity index (χ1) is 11.5. The van der Waals surface area contributed by atoms with Crippen LogP contribution in [0.4, 0.5) is 5.69 Å². The molecule has 124 valence electrons. The molecule has 0 fully saturated rings. The zero-order valence-electron chi connectivity index (χ0n) is 14.0. The summed E-state index contributed by atoms with van der Waals surface area (Å²) in [4.78, 5) is 12.4. The van der Waals surface area contributed by atoms with E-state index in [4.69, 9.17) is 4.52 Å². The van der Waals surface area contributed by atoms with Crippen LogP contribution in [0.3, 0.4) is 0 Å². The minimum absolute atomic E-state index is 0.0573. The van der Waals surface area contributed by atoms with E-state index in [9.17, 15) is 4.79 Å². The van der Waals surface area contributed by atoms with Crippen LogP contribution in [0.2, 0.25) is 0 Å². The standard InChI is InChI=1S/C18H20N4O2/c1-12(15-7-5-4-6-8-15)18(23)20-16-9-19-22(10-16)11-17-13(2)21-24-14(17)3/h4-10,12H,11H2,1-3H3,(H,20,23)/t12-/m1/s1. The molecule has 24 heavy (non-hydrogen) atoms. The van der Waals surface area contributed by atoms with Gasteiger partial charge in [-0.05, 0) is 26.3 Å². The first-order valence-electron chi connectivity index (χ1n) is 7.84. The van der Waals surface area contributed by atoms with E-state index < -0.39 is 0 Å². The summed E-state index contributed by atoms with van der Waals surface area (Å²) in [5.41, 5.74) is 3.52. The van der Waals surface area contributed by atoms with Crippen molar-refractivity contribution in [1.29, 1.82) is 0 Å². The zero-order chi connectivity index (χ0) is 17.1. The van der Waals surface area contributed by atoms with E-state index in [1.807, 2.05) is 57.3 Å². The number of benzene rings is 1. The summed E-state index contributed by atoms with van der Waals surface area (Å²) in [5, 5.41) is 11.1. The van der Waals surface area contributed by atoms with Crippen LogP contribution in [0.25, 0.3) is 0 Å². The van der Waals surface area contributed by atoms with Crippen molar-refractivity contribution in [2.24, 2.45) is 0 Å². The Labute approximate surface area is 140 Å². The van der Waals surface area contributed by atoms with E-state index in [2.05, 4.69) is 15.6 Å². The van der Waals surface area contributed by atoms with Crippen LogP contribution in [0.15, 0.2) is 47.2 Å². The highest BCUT2D eigenvalue weighted by molar-refractivity contribution is 5.95. The maximum atomic E-state index is 12.4. The van der Waals surface area contributed by atoms with Crippen molar-refractivity contribution in [3.05, 3.63) is 65.3 Å². The monoisotopic (exact) mass is 324 g/mol. The Morgan fingerprint density at radius 2 is 2.04 bits per heavy atom. The Morgan fingerprint density at radius 3 is 2.71 bits per heavy atom. The van der Waals surface area contributed by atoms with Gasteiger partial charge in [0.05, 0.1) is 30.0 Å². The van der Waals surface area contributed by atoms with Gasteiger partial charge in [-0.2, -0.15) is 5.10 Å². The number of anilines is 1. The normalized spacial score (nSPS) is 12.1. The summed E-state index contributed by atoms with van der Waals surface area (Å²) in [6.45, 7) is 6.23. The number of nitrogens with one attached hydrogen (secondary N) is 1. The Balaban J connectivity index is 1.67. The number of aromatic nitrogens is 3. The molecule has 0 radical (unpaired) electrons. The highest BCUT2D eigenvalue weighted by atomic mass is 16.5. The van der Waals surface area contributed by atoms with Crippen LogP contribution in [-0.2, 0) is 11.3 Å². The Bertz CT molecular complexity index is 816. The molecule has 2 aromatic heterocycles. The fraction of sp³-hybridized carbons (Fsp3) is 0.278. The number of hydrogen-bond acceptors (Lipinski definition) is 4. The zero-order valence-corrected chi connectivity index (χ0v) is 14.0. The van der Waals surface area contributed by atoms with E-state index >= 15 is 0 Å². The lowest BCUT2D eigenvalue weighted by molar-refractivity contribution is -0.117. The van der Waals surface area contributed by atoms with Crippen molar-refractivity contribution >= 4 is 11.6 Å². The van der Waals surface area contributed by atoms with Gasteiger partial charge in [0.15, 0.2) is 0 Å². The van der Waals surface area contributed by atoms with Crippen molar-refractivity contribution in [1.82, 2.24) is 14.9 Å². The van der Waals surface area contributed by atoms with Crippen LogP contribution in [0.1, 0.15) is 35.4 Å². The molecule has 1 amide bonds. The third-order valence-corrected chi connectivity index (χ3v) is 4.09. The average molecular weight is 324 g/mol. The fourth-order valence-electron chi connectivity index (χ4n) is 2.55. The predicted molar refractivity (Wildman–Crippen MR) is 90.8 cm³/mol. The number of carbonyl (C=O) groups is 1. The molecule has 3 aromatic rings. The number of rotatable bonds is 5. The summed E-state index contributed by atoms with van der Waals surface area (Å²) in [5.74, 6) is 0.501. The van der Waals surface area contributed by atoms with Crippen molar-refractivity contribution in [2.75, 3.05) is 5.32 Å². The lowest BCUT2D eigenvalue weighted by Gasteiger charge is -2.11. The smallest absolute Gasteiger partial charge is 0.231 e. The number of amides is 1. The van der Waals surface area contributed by atoms with E-state index in [1.54, 1.807) is 10.9 Å². The van der Waals surface area contributed by atoms with Crippen molar-refractivity contribution < 1.29 is 9.32 Å².